The van der Waals surface area contributed by atoms with Gasteiger partial charge in [0.15, 0.2) is 0 Å². The summed E-state index contributed by atoms with van der Waals surface area (Å²) < 4.78 is 88.8. The zero-order valence-electron chi connectivity index (χ0n) is 11.8. The van der Waals surface area contributed by atoms with Crippen molar-refractivity contribution in [2.45, 2.75) is 46.0 Å². The molecule has 20 heavy (non-hydrogen) atoms. The average Bonchev–Trinajstić information content (AvgIpc) is 2.31. The molecule has 0 saturated heterocycles. The summed E-state index contributed by atoms with van der Waals surface area (Å²) in [5.74, 6) is -6.62. The van der Waals surface area contributed by atoms with Gasteiger partial charge in [-0.3, -0.25) is 0 Å². The van der Waals surface area contributed by atoms with Gasteiger partial charge >= 0.3 is 18.3 Å². The van der Waals surface area contributed by atoms with Crippen molar-refractivity contribution in [2.24, 2.45) is 0 Å². The van der Waals surface area contributed by atoms with Crippen molar-refractivity contribution < 1.29 is 39.6 Å². The number of hydrogen-bond acceptors (Lipinski definition) is 0. The standard InChI is InChI=1S/C8H20N.C3F8/c1-5-9(6-2,7-3)8-4;4-1(5,2(6,7)8)3(9,10)11/h5-8H2,1-4H3;/q+1;. The third-order valence-corrected chi connectivity index (χ3v) is 3.40. The smallest absolute Gasteiger partial charge is 0.325 e. The number of quaternary nitrogens is 1. The first-order valence-electron chi connectivity index (χ1n) is 6.11. The summed E-state index contributed by atoms with van der Waals surface area (Å²) in [6, 6.07) is 0. The summed E-state index contributed by atoms with van der Waals surface area (Å²) in [7, 11) is 0. The number of hydrogen-bond donors (Lipinski definition) is 0. The van der Waals surface area contributed by atoms with Crippen LogP contribution in [0.5, 0.6) is 0 Å². The highest BCUT2D eigenvalue weighted by molar-refractivity contribution is 4.83. The van der Waals surface area contributed by atoms with Crippen molar-refractivity contribution in [1.29, 1.82) is 0 Å². The second kappa shape index (κ2) is 7.42. The normalized spacial score (nSPS) is 13.8. The lowest BCUT2D eigenvalue weighted by atomic mass is 10.3. The Labute approximate surface area is 113 Å². The van der Waals surface area contributed by atoms with Crippen LogP contribution in [0.3, 0.4) is 0 Å². The van der Waals surface area contributed by atoms with Crippen molar-refractivity contribution in [1.82, 2.24) is 0 Å². The predicted molar refractivity (Wildman–Crippen MR) is 59.5 cm³/mol. The van der Waals surface area contributed by atoms with E-state index < -0.39 is 18.3 Å². The molecule has 0 aromatic heterocycles. The van der Waals surface area contributed by atoms with Gasteiger partial charge in [-0.05, 0) is 27.7 Å². The Morgan fingerprint density at radius 1 is 0.550 bits per heavy atom. The molecule has 1 nitrogen and oxygen atoms in total. The van der Waals surface area contributed by atoms with E-state index in [1.54, 1.807) is 0 Å². The molecule has 0 aromatic carbocycles. The van der Waals surface area contributed by atoms with Crippen LogP contribution in [0.25, 0.3) is 0 Å². The summed E-state index contributed by atoms with van der Waals surface area (Å²) in [4.78, 5) is 0. The lowest BCUT2D eigenvalue weighted by molar-refractivity contribution is -0.921. The molecule has 0 bridgehead atoms. The molecule has 9 heteroatoms. The van der Waals surface area contributed by atoms with Gasteiger partial charge in [-0.15, -0.1) is 0 Å². The summed E-state index contributed by atoms with van der Waals surface area (Å²) in [6.45, 7) is 14.2. The minimum Gasteiger partial charge on any atom is -0.325 e. The topological polar surface area (TPSA) is 0 Å². The number of halogens is 8. The van der Waals surface area contributed by atoms with Crippen LogP contribution in [0.2, 0.25) is 0 Å². The molecule has 0 fully saturated rings. The third kappa shape index (κ3) is 5.41. The average molecular weight is 318 g/mol. The van der Waals surface area contributed by atoms with E-state index in [0.717, 1.165) is 0 Å². The first kappa shape index (κ1) is 21.7. The molecular formula is C11H20F8N+. The quantitative estimate of drug-likeness (QED) is 0.524. The van der Waals surface area contributed by atoms with Crippen molar-refractivity contribution in [3.8, 4) is 0 Å². The van der Waals surface area contributed by atoms with Crippen LogP contribution in [-0.4, -0.2) is 48.9 Å². The Morgan fingerprint density at radius 2 is 0.750 bits per heavy atom. The molecule has 0 amide bonds. The Morgan fingerprint density at radius 3 is 0.750 bits per heavy atom. The molecule has 0 unspecified atom stereocenters. The van der Waals surface area contributed by atoms with Crippen LogP contribution in [0.15, 0.2) is 0 Å². The maximum atomic E-state index is 11.2. The second-order valence-corrected chi connectivity index (χ2v) is 4.18. The first-order valence-corrected chi connectivity index (χ1v) is 6.11. The fraction of sp³-hybridized carbons (Fsp3) is 1.00. The Bertz CT molecular complexity index is 231. The second-order valence-electron chi connectivity index (χ2n) is 4.18. The van der Waals surface area contributed by atoms with E-state index in [9.17, 15) is 35.1 Å². The van der Waals surface area contributed by atoms with Gasteiger partial charge in [0, 0.05) is 0 Å². The van der Waals surface area contributed by atoms with Gasteiger partial charge in [-0.2, -0.15) is 35.1 Å². The van der Waals surface area contributed by atoms with E-state index in [-0.39, 0.29) is 0 Å². The maximum Gasteiger partial charge on any atom is 0.463 e. The number of rotatable bonds is 4. The van der Waals surface area contributed by atoms with Crippen LogP contribution in [0.4, 0.5) is 35.1 Å². The van der Waals surface area contributed by atoms with Crippen molar-refractivity contribution in [2.75, 3.05) is 26.2 Å². The van der Waals surface area contributed by atoms with Crippen LogP contribution in [0.1, 0.15) is 27.7 Å². The van der Waals surface area contributed by atoms with Crippen LogP contribution >= 0.6 is 0 Å². The maximum absolute atomic E-state index is 11.2. The molecule has 0 aliphatic carbocycles. The molecule has 0 N–H and O–H groups in total. The molecule has 0 heterocycles. The Hall–Kier alpha value is -0.600. The zero-order chi connectivity index (χ0) is 16.8. The third-order valence-electron chi connectivity index (χ3n) is 3.40. The summed E-state index contributed by atoms with van der Waals surface area (Å²) in [5.41, 5.74) is 0. The molecule has 0 radical (unpaired) electrons. The molecule has 0 saturated carbocycles. The highest BCUT2D eigenvalue weighted by atomic mass is 19.5. The van der Waals surface area contributed by atoms with Crippen molar-refractivity contribution >= 4 is 0 Å². The highest BCUT2D eigenvalue weighted by Gasteiger charge is 2.74. The molecule has 0 aromatic rings. The van der Waals surface area contributed by atoms with Crippen LogP contribution < -0.4 is 0 Å². The van der Waals surface area contributed by atoms with E-state index in [1.165, 1.54) is 30.7 Å². The van der Waals surface area contributed by atoms with Gasteiger partial charge in [-0.1, -0.05) is 0 Å². The van der Waals surface area contributed by atoms with Gasteiger partial charge in [-0.25, -0.2) is 0 Å². The SMILES string of the molecule is CC[N+](CC)(CC)CC.FC(F)(F)C(F)(F)C(F)(F)F. The highest BCUT2D eigenvalue weighted by Crippen LogP contribution is 2.46. The molecule has 0 spiro atoms. The van der Waals surface area contributed by atoms with Gasteiger partial charge < -0.3 is 4.48 Å². The fourth-order valence-corrected chi connectivity index (χ4v) is 1.50. The largest absolute Gasteiger partial charge is 0.463 e. The summed E-state index contributed by atoms with van der Waals surface area (Å²) in [5, 5.41) is 0. The van der Waals surface area contributed by atoms with Crippen molar-refractivity contribution in [3.63, 3.8) is 0 Å². The van der Waals surface area contributed by atoms with Gasteiger partial charge in [0.05, 0.1) is 26.2 Å². The lowest BCUT2D eigenvalue weighted by Gasteiger charge is -2.34. The zero-order valence-corrected chi connectivity index (χ0v) is 11.8. The molecular weight excluding hydrogens is 298 g/mol. The minimum atomic E-state index is -6.62. The van der Waals surface area contributed by atoms with Gasteiger partial charge in [0.1, 0.15) is 0 Å². The molecule has 0 rings (SSSR count). The van der Waals surface area contributed by atoms with Crippen molar-refractivity contribution in [3.05, 3.63) is 0 Å². The summed E-state index contributed by atoms with van der Waals surface area (Å²) in [6.07, 6.45) is -13.2. The van der Waals surface area contributed by atoms with Crippen LogP contribution in [-0.2, 0) is 0 Å². The van der Waals surface area contributed by atoms with E-state index in [2.05, 4.69) is 27.7 Å². The monoisotopic (exact) mass is 318 g/mol. The first-order chi connectivity index (χ1) is 8.74. The van der Waals surface area contributed by atoms with Gasteiger partial charge in [0.2, 0.25) is 0 Å². The number of alkyl halides is 8. The Balaban J connectivity index is 0. The fourth-order valence-electron chi connectivity index (χ4n) is 1.50. The van der Waals surface area contributed by atoms with Crippen LogP contribution in [0, 0.1) is 0 Å². The predicted octanol–water partition coefficient (Wildman–Crippen LogP) is 4.63. The molecule has 124 valence electrons. The van der Waals surface area contributed by atoms with Gasteiger partial charge in [0.25, 0.3) is 0 Å². The van der Waals surface area contributed by atoms with E-state index in [4.69, 9.17) is 0 Å². The molecule has 0 aliphatic heterocycles. The molecule has 0 atom stereocenters. The van der Waals surface area contributed by atoms with E-state index in [1.807, 2.05) is 0 Å². The number of nitrogens with zero attached hydrogens (tertiary/aromatic N) is 1. The summed E-state index contributed by atoms with van der Waals surface area (Å²) >= 11 is 0. The minimum absolute atomic E-state index is 1.28. The Kier molecular flexibility index (Phi) is 8.05. The lowest BCUT2D eigenvalue weighted by Crippen LogP contribution is -2.49. The van der Waals surface area contributed by atoms with E-state index >= 15 is 0 Å². The molecule has 0 aliphatic rings. The van der Waals surface area contributed by atoms with E-state index in [0.29, 0.717) is 0 Å².